The van der Waals surface area contributed by atoms with Gasteiger partial charge in [-0.2, -0.15) is 0 Å². The molecule has 0 atom stereocenters. The number of halogens is 3. The van der Waals surface area contributed by atoms with Crippen LogP contribution in [0.2, 0.25) is 0 Å². The summed E-state index contributed by atoms with van der Waals surface area (Å²) < 4.78 is 70.4. The van der Waals surface area contributed by atoms with E-state index in [4.69, 9.17) is 4.74 Å². The first-order chi connectivity index (χ1) is 11.2. The fourth-order valence-corrected chi connectivity index (χ4v) is 3.71. The van der Waals surface area contributed by atoms with E-state index in [9.17, 15) is 26.4 Å². The van der Waals surface area contributed by atoms with Gasteiger partial charge in [0, 0.05) is 5.38 Å². The summed E-state index contributed by atoms with van der Waals surface area (Å²) in [6.07, 6.45) is -0.161. The molecule has 0 saturated heterocycles. The topological polar surface area (TPSA) is 85.4 Å². The number of aromatic nitrogens is 1. The number of nitrogens with zero attached hydrogens (tertiary/aromatic N) is 1. The molecule has 1 N–H and O–H groups in total. The van der Waals surface area contributed by atoms with Crippen LogP contribution in [0.25, 0.3) is 0 Å². The number of esters is 1. The van der Waals surface area contributed by atoms with Crippen LogP contribution >= 0.6 is 11.3 Å². The highest BCUT2D eigenvalue weighted by Gasteiger charge is 2.25. The van der Waals surface area contributed by atoms with Gasteiger partial charge in [0.2, 0.25) is 0 Å². The van der Waals surface area contributed by atoms with E-state index in [-0.39, 0.29) is 23.9 Å². The van der Waals surface area contributed by atoms with Crippen molar-refractivity contribution in [3.8, 4) is 0 Å². The van der Waals surface area contributed by atoms with Crippen molar-refractivity contribution in [2.24, 2.45) is 0 Å². The standard InChI is InChI=1S/C13H11F3N2O4S2/c1-2-22-10(19)5-7-6-23-13(17-7)18-24(20,21)9-4-3-8(14)11(15)12(9)16/h3-4,6H,2,5H2,1H3,(H,17,18). The quantitative estimate of drug-likeness (QED) is 0.615. The molecular formula is C13H11F3N2O4S2. The lowest BCUT2D eigenvalue weighted by molar-refractivity contribution is -0.142. The highest BCUT2D eigenvalue weighted by atomic mass is 32.2. The summed E-state index contributed by atoms with van der Waals surface area (Å²) in [6.45, 7) is 1.83. The van der Waals surface area contributed by atoms with Gasteiger partial charge in [0.05, 0.1) is 18.7 Å². The third-order valence-electron chi connectivity index (χ3n) is 2.69. The van der Waals surface area contributed by atoms with Gasteiger partial charge in [-0.05, 0) is 19.1 Å². The molecule has 130 valence electrons. The Morgan fingerprint density at radius 2 is 2.00 bits per heavy atom. The van der Waals surface area contributed by atoms with Crippen LogP contribution in [0, 0.1) is 17.5 Å². The number of hydrogen-bond acceptors (Lipinski definition) is 6. The molecule has 0 aliphatic heterocycles. The molecule has 0 aliphatic carbocycles. The van der Waals surface area contributed by atoms with Gasteiger partial charge in [-0.25, -0.2) is 26.6 Å². The molecule has 1 aromatic carbocycles. The molecule has 0 fully saturated rings. The van der Waals surface area contributed by atoms with Crippen LogP contribution in [-0.4, -0.2) is 26.0 Å². The molecule has 0 saturated carbocycles. The van der Waals surface area contributed by atoms with Crippen LogP contribution in [0.3, 0.4) is 0 Å². The van der Waals surface area contributed by atoms with Crippen LogP contribution in [0.4, 0.5) is 18.3 Å². The fourth-order valence-electron chi connectivity index (χ4n) is 1.68. The van der Waals surface area contributed by atoms with Gasteiger partial charge in [-0.1, -0.05) is 0 Å². The monoisotopic (exact) mass is 380 g/mol. The third kappa shape index (κ3) is 4.03. The van der Waals surface area contributed by atoms with Gasteiger partial charge < -0.3 is 4.74 Å². The number of nitrogens with one attached hydrogen (secondary N) is 1. The molecule has 2 rings (SSSR count). The summed E-state index contributed by atoms with van der Waals surface area (Å²) in [5, 5.41) is 1.26. The Balaban J connectivity index is 2.20. The van der Waals surface area contributed by atoms with E-state index in [1.54, 1.807) is 6.92 Å². The molecule has 2 aromatic rings. The molecule has 1 aromatic heterocycles. The second kappa shape index (κ2) is 7.18. The lowest BCUT2D eigenvalue weighted by Crippen LogP contribution is -2.16. The minimum atomic E-state index is -4.51. The van der Waals surface area contributed by atoms with Gasteiger partial charge in [0.15, 0.2) is 22.6 Å². The van der Waals surface area contributed by atoms with E-state index < -0.39 is 38.3 Å². The lowest BCUT2D eigenvalue weighted by Gasteiger charge is -2.07. The van der Waals surface area contributed by atoms with Crippen LogP contribution < -0.4 is 4.72 Å². The lowest BCUT2D eigenvalue weighted by atomic mass is 10.3. The molecule has 24 heavy (non-hydrogen) atoms. The van der Waals surface area contributed by atoms with E-state index in [0.717, 1.165) is 11.3 Å². The highest BCUT2D eigenvalue weighted by molar-refractivity contribution is 7.93. The van der Waals surface area contributed by atoms with Gasteiger partial charge in [-0.3, -0.25) is 9.52 Å². The van der Waals surface area contributed by atoms with Crippen molar-refractivity contribution in [3.63, 3.8) is 0 Å². The zero-order valence-electron chi connectivity index (χ0n) is 12.2. The molecule has 0 unspecified atom stereocenters. The van der Waals surface area contributed by atoms with Crippen molar-refractivity contribution in [1.29, 1.82) is 0 Å². The molecule has 1 heterocycles. The van der Waals surface area contributed by atoms with E-state index in [2.05, 4.69) is 4.98 Å². The average Bonchev–Trinajstić information content (AvgIpc) is 2.90. The Hall–Kier alpha value is -2.14. The third-order valence-corrected chi connectivity index (χ3v) is 4.99. The summed E-state index contributed by atoms with van der Waals surface area (Å²) >= 11 is 0.845. The number of sulfonamides is 1. The van der Waals surface area contributed by atoms with Crippen molar-refractivity contribution in [2.45, 2.75) is 18.2 Å². The zero-order chi connectivity index (χ0) is 17.9. The van der Waals surface area contributed by atoms with E-state index >= 15 is 0 Å². The predicted molar refractivity (Wildman–Crippen MR) is 79.6 cm³/mol. The first-order valence-corrected chi connectivity index (χ1v) is 8.87. The van der Waals surface area contributed by atoms with E-state index in [1.165, 1.54) is 5.38 Å². The number of hydrogen-bond donors (Lipinski definition) is 1. The van der Waals surface area contributed by atoms with Crippen molar-refractivity contribution in [1.82, 2.24) is 4.98 Å². The number of carbonyl (C=O) groups excluding carboxylic acids is 1. The van der Waals surface area contributed by atoms with E-state index in [0.29, 0.717) is 12.1 Å². The van der Waals surface area contributed by atoms with Crippen LogP contribution in [0.1, 0.15) is 12.6 Å². The molecular weight excluding hydrogens is 369 g/mol. The molecule has 0 aliphatic rings. The average molecular weight is 380 g/mol. The number of rotatable bonds is 6. The Morgan fingerprint density at radius 1 is 1.29 bits per heavy atom. The Bertz CT molecular complexity index is 868. The Kier molecular flexibility index (Phi) is 5.44. The van der Waals surface area contributed by atoms with Crippen LogP contribution in [0.5, 0.6) is 0 Å². The predicted octanol–water partition coefficient (Wildman–Crippen LogP) is 2.47. The number of anilines is 1. The zero-order valence-corrected chi connectivity index (χ0v) is 13.8. The van der Waals surface area contributed by atoms with Crippen LogP contribution in [0.15, 0.2) is 22.4 Å². The SMILES string of the molecule is CCOC(=O)Cc1csc(NS(=O)(=O)c2ccc(F)c(F)c2F)n1. The van der Waals surface area contributed by atoms with Gasteiger partial charge in [-0.15, -0.1) is 11.3 Å². The summed E-state index contributed by atoms with van der Waals surface area (Å²) in [5.74, 6) is -5.76. The van der Waals surface area contributed by atoms with E-state index in [1.807, 2.05) is 4.72 Å². The largest absolute Gasteiger partial charge is 0.466 e. The minimum absolute atomic E-state index is 0.154. The van der Waals surface area contributed by atoms with Crippen molar-refractivity contribution in [2.75, 3.05) is 11.3 Å². The van der Waals surface area contributed by atoms with Gasteiger partial charge in [0.25, 0.3) is 10.0 Å². The molecule has 6 nitrogen and oxygen atoms in total. The first-order valence-electron chi connectivity index (χ1n) is 6.51. The number of benzene rings is 1. The summed E-state index contributed by atoms with van der Waals surface area (Å²) in [7, 11) is -4.51. The highest BCUT2D eigenvalue weighted by Crippen LogP contribution is 2.24. The maximum absolute atomic E-state index is 13.6. The molecule has 0 spiro atoms. The normalized spacial score (nSPS) is 11.3. The minimum Gasteiger partial charge on any atom is -0.466 e. The van der Waals surface area contributed by atoms with Crippen molar-refractivity contribution >= 4 is 32.5 Å². The maximum Gasteiger partial charge on any atom is 0.311 e. The Morgan fingerprint density at radius 3 is 2.67 bits per heavy atom. The fraction of sp³-hybridized carbons (Fsp3) is 0.231. The van der Waals surface area contributed by atoms with Gasteiger partial charge >= 0.3 is 5.97 Å². The number of thiazole rings is 1. The van der Waals surface area contributed by atoms with Gasteiger partial charge in [0.1, 0.15) is 4.90 Å². The Labute approximate surface area is 139 Å². The molecule has 0 radical (unpaired) electrons. The summed E-state index contributed by atoms with van der Waals surface area (Å²) in [5.41, 5.74) is 0.252. The smallest absolute Gasteiger partial charge is 0.311 e. The second-order valence-electron chi connectivity index (χ2n) is 4.40. The molecule has 0 bridgehead atoms. The van der Waals surface area contributed by atoms with Crippen molar-refractivity contribution in [3.05, 3.63) is 40.7 Å². The second-order valence-corrected chi connectivity index (χ2v) is 6.91. The summed E-state index contributed by atoms with van der Waals surface area (Å²) in [4.78, 5) is 14.1. The van der Waals surface area contributed by atoms with Crippen LogP contribution in [-0.2, 0) is 26.0 Å². The number of ether oxygens (including phenoxy) is 1. The van der Waals surface area contributed by atoms with Crippen molar-refractivity contribution < 1.29 is 31.1 Å². The molecule has 11 heteroatoms. The summed E-state index contributed by atoms with van der Waals surface area (Å²) in [6, 6.07) is 1.10. The molecule has 0 amide bonds. The number of carbonyl (C=O) groups is 1. The first kappa shape index (κ1) is 18.2. The maximum atomic E-state index is 13.6.